The maximum absolute atomic E-state index is 12.7. The van der Waals surface area contributed by atoms with Crippen LogP contribution < -0.4 is 4.74 Å². The Hall–Kier alpha value is -1.55. The van der Waals surface area contributed by atoms with Crippen LogP contribution in [0.4, 0.5) is 0 Å². The average Bonchev–Trinajstić information content (AvgIpc) is 3.13. The van der Waals surface area contributed by atoms with Crippen LogP contribution >= 0.6 is 0 Å². The fourth-order valence-corrected chi connectivity index (χ4v) is 4.63. The minimum Gasteiger partial charge on any atom is -0.496 e. The summed E-state index contributed by atoms with van der Waals surface area (Å²) in [4.78, 5) is 17.1. The predicted octanol–water partition coefficient (Wildman–Crippen LogP) is 2.81. The van der Waals surface area contributed by atoms with E-state index in [9.17, 15) is 4.79 Å². The Morgan fingerprint density at radius 2 is 1.62 bits per heavy atom. The molecule has 4 atom stereocenters. The van der Waals surface area contributed by atoms with Crippen LogP contribution in [0.1, 0.15) is 31.2 Å². The van der Waals surface area contributed by atoms with E-state index in [1.807, 2.05) is 36.2 Å². The molecule has 2 fully saturated rings. The molecular formula is C20H30N2O2. The Balaban J connectivity index is 1.58. The number of rotatable bonds is 5. The van der Waals surface area contributed by atoms with E-state index >= 15 is 0 Å². The Labute approximate surface area is 145 Å². The lowest BCUT2D eigenvalue weighted by molar-refractivity contribution is -0.131. The second-order valence-electron chi connectivity index (χ2n) is 7.73. The van der Waals surface area contributed by atoms with Gasteiger partial charge in [0.1, 0.15) is 5.75 Å². The lowest BCUT2D eigenvalue weighted by Crippen LogP contribution is -2.37. The Kier molecular flexibility index (Phi) is 5.14. The summed E-state index contributed by atoms with van der Waals surface area (Å²) in [5.74, 6) is 2.60. The lowest BCUT2D eigenvalue weighted by Gasteiger charge is -2.27. The molecule has 0 aliphatic heterocycles. The Bertz CT molecular complexity index is 573. The summed E-state index contributed by atoms with van der Waals surface area (Å²) in [5, 5.41) is 0. The number of hydrogen-bond acceptors (Lipinski definition) is 3. The zero-order valence-electron chi connectivity index (χ0n) is 15.4. The van der Waals surface area contributed by atoms with Crippen molar-refractivity contribution in [3.63, 3.8) is 0 Å². The van der Waals surface area contributed by atoms with Crippen LogP contribution in [0.2, 0.25) is 0 Å². The second-order valence-corrected chi connectivity index (χ2v) is 7.73. The highest BCUT2D eigenvalue weighted by Gasteiger charge is 2.43. The van der Waals surface area contributed by atoms with Gasteiger partial charge in [0.05, 0.1) is 13.5 Å². The number of likely N-dealkylation sites (N-methyl/N-ethyl adjacent to an activating group) is 1. The van der Waals surface area contributed by atoms with E-state index in [2.05, 4.69) is 19.0 Å². The number of para-hydroxylation sites is 1. The number of nitrogens with zero attached hydrogens (tertiary/aromatic N) is 2. The molecule has 2 aliphatic carbocycles. The SMILES string of the molecule is COc1ccccc1CC(=O)N(C)C1C[C@H]2CC(N(C)C)C[C@H]2C1. The van der Waals surface area contributed by atoms with Crippen molar-refractivity contribution in [3.8, 4) is 5.75 Å². The van der Waals surface area contributed by atoms with E-state index in [1.165, 1.54) is 25.7 Å². The smallest absolute Gasteiger partial charge is 0.227 e. The highest BCUT2D eigenvalue weighted by Crippen LogP contribution is 2.46. The Morgan fingerprint density at radius 1 is 1.04 bits per heavy atom. The molecule has 2 unspecified atom stereocenters. The van der Waals surface area contributed by atoms with Gasteiger partial charge in [-0.05, 0) is 57.7 Å². The molecule has 1 aromatic rings. The van der Waals surface area contributed by atoms with Crippen molar-refractivity contribution >= 4 is 5.91 Å². The van der Waals surface area contributed by atoms with Crippen LogP contribution in [-0.4, -0.2) is 56.0 Å². The molecule has 2 saturated carbocycles. The molecule has 2 aliphatic rings. The molecule has 4 nitrogen and oxygen atoms in total. The summed E-state index contributed by atoms with van der Waals surface area (Å²) in [5.41, 5.74) is 0.975. The third-order valence-electron chi connectivity index (χ3n) is 6.17. The summed E-state index contributed by atoms with van der Waals surface area (Å²) < 4.78 is 5.37. The van der Waals surface area contributed by atoms with E-state index in [-0.39, 0.29) is 5.91 Å². The number of carbonyl (C=O) groups excluding carboxylic acids is 1. The van der Waals surface area contributed by atoms with Gasteiger partial charge in [-0.2, -0.15) is 0 Å². The van der Waals surface area contributed by atoms with Crippen LogP contribution in [0.3, 0.4) is 0 Å². The Morgan fingerprint density at radius 3 is 2.21 bits per heavy atom. The van der Waals surface area contributed by atoms with Gasteiger partial charge in [0.2, 0.25) is 5.91 Å². The van der Waals surface area contributed by atoms with E-state index < -0.39 is 0 Å². The summed E-state index contributed by atoms with van der Waals surface area (Å²) in [6.07, 6.45) is 5.35. The third kappa shape index (κ3) is 3.44. The second kappa shape index (κ2) is 7.14. The molecule has 0 aromatic heterocycles. The van der Waals surface area contributed by atoms with Crippen molar-refractivity contribution in [2.45, 2.75) is 44.2 Å². The van der Waals surface area contributed by atoms with Gasteiger partial charge in [-0.3, -0.25) is 4.79 Å². The van der Waals surface area contributed by atoms with Crippen molar-refractivity contribution < 1.29 is 9.53 Å². The molecule has 0 radical (unpaired) electrons. The van der Waals surface area contributed by atoms with Crippen molar-refractivity contribution in [2.24, 2.45) is 11.8 Å². The van der Waals surface area contributed by atoms with Gasteiger partial charge in [0, 0.05) is 24.7 Å². The number of carbonyl (C=O) groups is 1. The van der Waals surface area contributed by atoms with Crippen LogP contribution in [0, 0.1) is 11.8 Å². The molecule has 0 spiro atoms. The first-order valence-corrected chi connectivity index (χ1v) is 9.03. The number of benzene rings is 1. The molecule has 4 heteroatoms. The maximum atomic E-state index is 12.7. The van der Waals surface area contributed by atoms with Gasteiger partial charge >= 0.3 is 0 Å². The molecule has 0 saturated heterocycles. The van der Waals surface area contributed by atoms with E-state index in [4.69, 9.17) is 4.74 Å². The number of ether oxygens (including phenoxy) is 1. The summed E-state index contributed by atoms with van der Waals surface area (Å²) in [6, 6.07) is 8.95. The van der Waals surface area contributed by atoms with Crippen molar-refractivity contribution in [3.05, 3.63) is 29.8 Å². The highest BCUT2D eigenvalue weighted by molar-refractivity contribution is 5.79. The largest absolute Gasteiger partial charge is 0.496 e. The minimum atomic E-state index is 0.202. The zero-order chi connectivity index (χ0) is 17.3. The average molecular weight is 330 g/mol. The summed E-state index contributed by atoms with van der Waals surface area (Å²) in [7, 11) is 8.01. The van der Waals surface area contributed by atoms with E-state index in [0.717, 1.165) is 29.2 Å². The molecule has 1 aromatic carbocycles. The van der Waals surface area contributed by atoms with E-state index in [0.29, 0.717) is 12.5 Å². The number of fused-ring (bicyclic) bond motifs is 1. The van der Waals surface area contributed by atoms with Gasteiger partial charge in [-0.15, -0.1) is 0 Å². The van der Waals surface area contributed by atoms with Crippen LogP contribution in [0.5, 0.6) is 5.75 Å². The van der Waals surface area contributed by atoms with Crippen LogP contribution in [0.25, 0.3) is 0 Å². The monoisotopic (exact) mass is 330 g/mol. The lowest BCUT2D eigenvalue weighted by atomic mass is 10.0. The molecular weight excluding hydrogens is 300 g/mol. The fourth-order valence-electron chi connectivity index (χ4n) is 4.63. The van der Waals surface area contributed by atoms with Crippen LogP contribution in [0.15, 0.2) is 24.3 Å². The van der Waals surface area contributed by atoms with Crippen molar-refractivity contribution in [1.82, 2.24) is 9.80 Å². The molecule has 0 N–H and O–H groups in total. The molecule has 132 valence electrons. The van der Waals surface area contributed by atoms with Gasteiger partial charge in [-0.1, -0.05) is 18.2 Å². The van der Waals surface area contributed by atoms with Gasteiger partial charge < -0.3 is 14.5 Å². The molecule has 0 bridgehead atoms. The maximum Gasteiger partial charge on any atom is 0.227 e. The standard InChI is InChI=1S/C20H30N2O2/c1-21(2)17-9-15-11-18(12-16(15)10-17)22(3)20(23)13-14-7-5-6-8-19(14)24-4/h5-8,15-18H,9-13H2,1-4H3/t15-,16+,17?,18?. The molecule has 3 rings (SSSR count). The van der Waals surface area contributed by atoms with E-state index in [1.54, 1.807) is 7.11 Å². The van der Waals surface area contributed by atoms with Gasteiger partial charge in [0.15, 0.2) is 0 Å². The first-order chi connectivity index (χ1) is 11.5. The first kappa shape index (κ1) is 17.3. The van der Waals surface area contributed by atoms with Crippen molar-refractivity contribution in [2.75, 3.05) is 28.3 Å². The first-order valence-electron chi connectivity index (χ1n) is 9.03. The summed E-state index contributed by atoms with van der Waals surface area (Å²) >= 11 is 0. The minimum absolute atomic E-state index is 0.202. The number of hydrogen-bond donors (Lipinski definition) is 0. The number of amides is 1. The quantitative estimate of drug-likeness (QED) is 0.832. The zero-order valence-corrected chi connectivity index (χ0v) is 15.4. The third-order valence-corrected chi connectivity index (χ3v) is 6.17. The van der Waals surface area contributed by atoms with Gasteiger partial charge in [0.25, 0.3) is 0 Å². The normalized spacial score (nSPS) is 28.9. The predicted molar refractivity (Wildman–Crippen MR) is 96.2 cm³/mol. The summed E-state index contributed by atoms with van der Waals surface area (Å²) in [6.45, 7) is 0. The highest BCUT2D eigenvalue weighted by atomic mass is 16.5. The fraction of sp³-hybridized carbons (Fsp3) is 0.650. The molecule has 0 heterocycles. The molecule has 1 amide bonds. The topological polar surface area (TPSA) is 32.8 Å². The van der Waals surface area contributed by atoms with Gasteiger partial charge in [-0.25, -0.2) is 0 Å². The molecule has 24 heavy (non-hydrogen) atoms. The number of methoxy groups -OCH3 is 1. The van der Waals surface area contributed by atoms with Crippen molar-refractivity contribution in [1.29, 1.82) is 0 Å². The van der Waals surface area contributed by atoms with Crippen LogP contribution in [-0.2, 0) is 11.2 Å².